The second-order valence-electron chi connectivity index (χ2n) is 7.25. The number of carbonyl (C=O) groups excluding carboxylic acids is 2. The molecule has 0 saturated carbocycles. The third-order valence-electron chi connectivity index (χ3n) is 4.92. The highest BCUT2D eigenvalue weighted by molar-refractivity contribution is 8.27. The molecule has 174 valence electrons. The second kappa shape index (κ2) is 11.9. The van der Waals surface area contributed by atoms with Gasteiger partial charge in [0.15, 0.2) is 15.8 Å². The van der Waals surface area contributed by atoms with E-state index in [1.807, 2.05) is 18.2 Å². The topological polar surface area (TPSA) is 65.1 Å². The van der Waals surface area contributed by atoms with Crippen molar-refractivity contribution in [3.8, 4) is 11.5 Å². The standard InChI is InChI=1S/C25H27NO5S2/c1-4-6-7-14-31-20-13-8-17(15-21(20)29-3)16-22-23(27)26(25(32)33-22)19-11-9-18(10-12-19)24(28)30-5-2/h8-13,15-16H,4-7,14H2,1-3H3/b22-16-. The number of esters is 1. The zero-order chi connectivity index (χ0) is 23.8. The van der Waals surface area contributed by atoms with E-state index in [9.17, 15) is 9.59 Å². The van der Waals surface area contributed by atoms with Gasteiger partial charge in [-0.2, -0.15) is 0 Å². The molecule has 0 bridgehead atoms. The van der Waals surface area contributed by atoms with Gasteiger partial charge in [0.05, 0.1) is 36.5 Å². The summed E-state index contributed by atoms with van der Waals surface area (Å²) in [7, 11) is 1.59. The van der Waals surface area contributed by atoms with Gasteiger partial charge in [0.2, 0.25) is 0 Å². The van der Waals surface area contributed by atoms with Gasteiger partial charge in [-0.1, -0.05) is 49.8 Å². The molecule has 6 nitrogen and oxygen atoms in total. The monoisotopic (exact) mass is 485 g/mol. The summed E-state index contributed by atoms with van der Waals surface area (Å²) in [5, 5.41) is 0. The summed E-state index contributed by atoms with van der Waals surface area (Å²) in [5.41, 5.74) is 1.83. The van der Waals surface area contributed by atoms with Crippen LogP contribution in [0.25, 0.3) is 6.08 Å². The molecule has 1 saturated heterocycles. The molecule has 0 atom stereocenters. The number of anilines is 1. The Hall–Kier alpha value is -2.84. The Kier molecular flexibility index (Phi) is 8.91. The van der Waals surface area contributed by atoms with Gasteiger partial charge in [0, 0.05) is 0 Å². The number of benzene rings is 2. The number of thiocarbonyl (C=S) groups is 1. The van der Waals surface area contributed by atoms with E-state index in [4.69, 9.17) is 26.4 Å². The summed E-state index contributed by atoms with van der Waals surface area (Å²) >= 11 is 6.68. The largest absolute Gasteiger partial charge is 0.493 e. The molecule has 2 aromatic rings. The van der Waals surface area contributed by atoms with Crippen LogP contribution in [0.1, 0.15) is 49.0 Å². The van der Waals surface area contributed by atoms with E-state index in [2.05, 4.69) is 6.92 Å². The molecule has 1 aliphatic heterocycles. The van der Waals surface area contributed by atoms with E-state index in [-0.39, 0.29) is 5.91 Å². The predicted molar refractivity (Wildman–Crippen MR) is 136 cm³/mol. The first-order valence-electron chi connectivity index (χ1n) is 10.8. The number of hydrogen-bond donors (Lipinski definition) is 0. The zero-order valence-corrected chi connectivity index (χ0v) is 20.6. The average molecular weight is 486 g/mol. The fourth-order valence-electron chi connectivity index (χ4n) is 3.23. The summed E-state index contributed by atoms with van der Waals surface area (Å²) in [5.74, 6) is 0.680. The molecule has 3 rings (SSSR count). The van der Waals surface area contributed by atoms with Gasteiger partial charge in [0.1, 0.15) is 0 Å². The minimum Gasteiger partial charge on any atom is -0.493 e. The maximum absolute atomic E-state index is 13.1. The van der Waals surface area contributed by atoms with Crippen LogP contribution in [0.15, 0.2) is 47.4 Å². The highest BCUT2D eigenvalue weighted by Crippen LogP contribution is 2.37. The van der Waals surface area contributed by atoms with Crippen LogP contribution in [0.4, 0.5) is 5.69 Å². The Morgan fingerprint density at radius 3 is 2.52 bits per heavy atom. The minimum absolute atomic E-state index is 0.215. The van der Waals surface area contributed by atoms with Crippen molar-refractivity contribution in [2.75, 3.05) is 25.2 Å². The molecule has 0 unspecified atom stereocenters. The van der Waals surface area contributed by atoms with E-state index < -0.39 is 5.97 Å². The fourth-order valence-corrected chi connectivity index (χ4v) is 4.53. The summed E-state index contributed by atoms with van der Waals surface area (Å²) in [4.78, 5) is 26.9. The molecule has 0 radical (unpaired) electrons. The van der Waals surface area contributed by atoms with Crippen LogP contribution in [0.5, 0.6) is 11.5 Å². The quantitative estimate of drug-likeness (QED) is 0.181. The number of methoxy groups -OCH3 is 1. The van der Waals surface area contributed by atoms with Crippen molar-refractivity contribution >= 4 is 51.9 Å². The molecule has 1 aliphatic rings. The second-order valence-corrected chi connectivity index (χ2v) is 8.93. The molecular weight excluding hydrogens is 458 g/mol. The summed E-state index contributed by atoms with van der Waals surface area (Å²) in [6.45, 7) is 4.84. The first-order valence-corrected chi connectivity index (χ1v) is 12.1. The lowest BCUT2D eigenvalue weighted by Crippen LogP contribution is -2.27. The van der Waals surface area contributed by atoms with E-state index in [0.717, 1.165) is 24.8 Å². The highest BCUT2D eigenvalue weighted by atomic mass is 32.2. The lowest BCUT2D eigenvalue weighted by atomic mass is 10.1. The molecule has 0 N–H and O–H groups in total. The maximum Gasteiger partial charge on any atom is 0.338 e. The Morgan fingerprint density at radius 1 is 1.09 bits per heavy atom. The van der Waals surface area contributed by atoms with Crippen molar-refractivity contribution in [2.45, 2.75) is 33.1 Å². The highest BCUT2D eigenvalue weighted by Gasteiger charge is 2.33. The Balaban J connectivity index is 1.75. The number of carbonyl (C=O) groups is 2. The van der Waals surface area contributed by atoms with Crippen LogP contribution in [0.3, 0.4) is 0 Å². The predicted octanol–water partition coefficient (Wildman–Crippen LogP) is 5.85. The van der Waals surface area contributed by atoms with Crippen molar-refractivity contribution in [3.05, 3.63) is 58.5 Å². The minimum atomic E-state index is -0.402. The number of amides is 1. The SMILES string of the molecule is CCCCCOc1ccc(/C=C2\SC(=S)N(c3ccc(C(=O)OCC)cc3)C2=O)cc1OC. The molecule has 2 aromatic carbocycles. The van der Waals surface area contributed by atoms with Crippen molar-refractivity contribution in [2.24, 2.45) is 0 Å². The normalized spacial score (nSPS) is 14.6. The van der Waals surface area contributed by atoms with Crippen molar-refractivity contribution < 1.29 is 23.8 Å². The van der Waals surface area contributed by atoms with Crippen LogP contribution in [0, 0.1) is 0 Å². The lowest BCUT2D eigenvalue weighted by molar-refractivity contribution is -0.113. The molecule has 0 aromatic heterocycles. The molecule has 8 heteroatoms. The molecule has 1 amide bonds. The number of ether oxygens (including phenoxy) is 3. The van der Waals surface area contributed by atoms with Crippen molar-refractivity contribution in [3.63, 3.8) is 0 Å². The number of nitrogens with zero attached hydrogens (tertiary/aromatic N) is 1. The van der Waals surface area contributed by atoms with Crippen LogP contribution < -0.4 is 14.4 Å². The van der Waals surface area contributed by atoms with Crippen LogP contribution >= 0.6 is 24.0 Å². The average Bonchev–Trinajstić information content (AvgIpc) is 3.10. The smallest absolute Gasteiger partial charge is 0.338 e. The number of unbranched alkanes of at least 4 members (excludes halogenated alkanes) is 2. The van der Waals surface area contributed by atoms with Crippen LogP contribution in [0.2, 0.25) is 0 Å². The van der Waals surface area contributed by atoms with E-state index >= 15 is 0 Å². The van der Waals surface area contributed by atoms with Gasteiger partial charge >= 0.3 is 5.97 Å². The number of thioether (sulfide) groups is 1. The summed E-state index contributed by atoms with van der Waals surface area (Å²) < 4.78 is 16.7. The van der Waals surface area contributed by atoms with Crippen molar-refractivity contribution in [1.82, 2.24) is 0 Å². The van der Waals surface area contributed by atoms with Gasteiger partial charge in [-0.05, 0) is 61.4 Å². The molecule has 0 spiro atoms. The summed E-state index contributed by atoms with van der Waals surface area (Å²) in [6, 6.07) is 12.2. The summed E-state index contributed by atoms with van der Waals surface area (Å²) in [6.07, 6.45) is 5.03. The molecule has 1 fully saturated rings. The molecule has 0 aliphatic carbocycles. The first-order chi connectivity index (χ1) is 16.0. The van der Waals surface area contributed by atoms with E-state index in [1.165, 1.54) is 16.7 Å². The number of hydrogen-bond acceptors (Lipinski definition) is 7. The first kappa shape index (κ1) is 24.8. The van der Waals surface area contributed by atoms with Gasteiger partial charge in [0.25, 0.3) is 5.91 Å². The van der Waals surface area contributed by atoms with E-state index in [1.54, 1.807) is 44.4 Å². The van der Waals surface area contributed by atoms with Gasteiger partial charge in [-0.15, -0.1) is 0 Å². The van der Waals surface area contributed by atoms with Gasteiger partial charge in [-0.3, -0.25) is 9.69 Å². The Bertz CT molecular complexity index is 1050. The van der Waals surface area contributed by atoms with Gasteiger partial charge < -0.3 is 14.2 Å². The third kappa shape index (κ3) is 6.15. The Labute approximate surface area is 203 Å². The van der Waals surface area contributed by atoms with Crippen LogP contribution in [-0.2, 0) is 9.53 Å². The maximum atomic E-state index is 13.1. The zero-order valence-electron chi connectivity index (χ0n) is 19.0. The van der Waals surface area contributed by atoms with Crippen LogP contribution in [-0.4, -0.2) is 36.5 Å². The van der Waals surface area contributed by atoms with Gasteiger partial charge in [-0.25, -0.2) is 4.79 Å². The number of rotatable bonds is 10. The van der Waals surface area contributed by atoms with E-state index in [0.29, 0.717) is 45.2 Å². The lowest BCUT2D eigenvalue weighted by Gasteiger charge is -2.14. The van der Waals surface area contributed by atoms with Crippen molar-refractivity contribution in [1.29, 1.82) is 0 Å². The fraction of sp³-hybridized carbons (Fsp3) is 0.320. The molecular formula is C25H27NO5S2. The molecule has 33 heavy (non-hydrogen) atoms. The Morgan fingerprint density at radius 2 is 1.85 bits per heavy atom. The molecule has 1 heterocycles. The third-order valence-corrected chi connectivity index (χ3v) is 6.22.